The molecule has 0 unspecified atom stereocenters. The monoisotopic (exact) mass is 306 g/mol. The molecule has 4 N–H and O–H groups in total. The van der Waals surface area contributed by atoms with Crippen LogP contribution in [0.2, 0.25) is 0 Å². The molecule has 1 aromatic carbocycles. The van der Waals surface area contributed by atoms with Gasteiger partial charge in [-0.05, 0) is 34.5 Å². The Morgan fingerprint density at radius 2 is 2.12 bits per heavy atom. The highest BCUT2D eigenvalue weighted by Crippen LogP contribution is 2.33. The zero-order valence-electron chi connectivity index (χ0n) is 8.35. The average Bonchev–Trinajstić information content (AvgIpc) is 2.22. The summed E-state index contributed by atoms with van der Waals surface area (Å²) in [5, 5.41) is 27.2. The van der Waals surface area contributed by atoms with E-state index in [1.807, 2.05) is 6.07 Å². The average molecular weight is 308 g/mol. The van der Waals surface area contributed by atoms with Crippen LogP contribution in [0.25, 0.3) is 0 Å². The van der Waals surface area contributed by atoms with E-state index in [1.165, 1.54) is 12.1 Å². The van der Waals surface area contributed by atoms with E-state index in [0.717, 1.165) is 0 Å². The summed E-state index contributed by atoms with van der Waals surface area (Å²) in [6, 6.07) is 4.55. The predicted molar refractivity (Wildman–Crippen MR) is 66.4 cm³/mol. The molecule has 16 heavy (non-hydrogen) atoms. The number of nitrogens with two attached hydrogens (primary N) is 1. The number of aliphatic hydroxyl groups is 1. The molecule has 0 aliphatic heterocycles. The maximum atomic E-state index is 9.70. The molecule has 0 saturated heterocycles. The normalized spacial score (nSPS) is 11.4. The van der Waals surface area contributed by atoms with E-state index in [9.17, 15) is 5.11 Å². The number of phenolic OH excluding ortho intramolecular Hbond substituents is 1. The summed E-state index contributed by atoms with van der Waals surface area (Å²) in [5.41, 5.74) is 6.64. The van der Waals surface area contributed by atoms with Crippen LogP contribution in [0.15, 0.2) is 16.6 Å². The van der Waals surface area contributed by atoms with E-state index in [1.54, 1.807) is 0 Å². The first kappa shape index (κ1) is 15.2. The molecule has 4 nitrogen and oxygen atoms in total. The Labute approximate surface area is 108 Å². The minimum absolute atomic E-state index is 0. The van der Waals surface area contributed by atoms with Crippen molar-refractivity contribution >= 4 is 28.3 Å². The van der Waals surface area contributed by atoms with Gasteiger partial charge in [-0.15, -0.1) is 12.4 Å². The largest absolute Gasteiger partial charge is 0.506 e. The maximum absolute atomic E-state index is 9.70. The van der Waals surface area contributed by atoms with E-state index >= 15 is 0 Å². The fourth-order valence-corrected chi connectivity index (χ4v) is 1.74. The second-order valence-electron chi connectivity index (χ2n) is 3.13. The SMILES string of the molecule is Cl.N#Cc1cc(Br)c(O)c([C@@H](N)CCO)c1. The number of aliphatic hydroxyl groups excluding tert-OH is 1. The number of hydrogen-bond acceptors (Lipinski definition) is 4. The van der Waals surface area contributed by atoms with Crippen LogP contribution < -0.4 is 5.73 Å². The number of aromatic hydroxyl groups is 1. The van der Waals surface area contributed by atoms with Crippen molar-refractivity contribution in [2.45, 2.75) is 12.5 Å². The van der Waals surface area contributed by atoms with Crippen LogP contribution in [0.5, 0.6) is 5.75 Å². The Morgan fingerprint density at radius 3 is 2.62 bits per heavy atom. The van der Waals surface area contributed by atoms with Gasteiger partial charge < -0.3 is 15.9 Å². The molecule has 0 amide bonds. The Kier molecular flexibility index (Phi) is 6.38. The van der Waals surface area contributed by atoms with Crippen LogP contribution in [-0.2, 0) is 0 Å². The highest BCUT2D eigenvalue weighted by Gasteiger charge is 2.14. The van der Waals surface area contributed by atoms with Crippen molar-refractivity contribution in [1.82, 2.24) is 0 Å². The van der Waals surface area contributed by atoms with Gasteiger partial charge in [0.05, 0.1) is 16.1 Å². The van der Waals surface area contributed by atoms with Crippen LogP contribution >= 0.6 is 28.3 Å². The third-order valence-electron chi connectivity index (χ3n) is 2.06. The summed E-state index contributed by atoms with van der Waals surface area (Å²) in [6.07, 6.45) is 0.342. The second kappa shape index (κ2) is 6.71. The second-order valence-corrected chi connectivity index (χ2v) is 3.98. The standard InChI is InChI=1S/C10H11BrN2O2.ClH/c11-8-4-6(5-12)3-7(10(8)15)9(13)1-2-14;/h3-4,9,14-15H,1-2,13H2;1H/t9-;/m0./s1. The molecule has 0 aliphatic carbocycles. The van der Waals surface area contributed by atoms with Crippen LogP contribution in [0.4, 0.5) is 0 Å². The Bertz CT molecular complexity index is 407. The first-order valence-electron chi connectivity index (χ1n) is 4.39. The van der Waals surface area contributed by atoms with Crippen molar-refractivity contribution in [3.63, 3.8) is 0 Å². The number of hydrogen-bond donors (Lipinski definition) is 3. The quantitative estimate of drug-likeness (QED) is 0.794. The molecule has 1 atom stereocenters. The van der Waals surface area contributed by atoms with Crippen LogP contribution in [0.1, 0.15) is 23.6 Å². The zero-order valence-corrected chi connectivity index (χ0v) is 10.8. The highest BCUT2D eigenvalue weighted by molar-refractivity contribution is 9.10. The van der Waals surface area contributed by atoms with Gasteiger partial charge in [-0.3, -0.25) is 0 Å². The minimum Gasteiger partial charge on any atom is -0.506 e. The molecular formula is C10H12BrClN2O2. The molecule has 0 spiro atoms. The number of nitrogens with zero attached hydrogens (tertiary/aromatic N) is 1. The summed E-state index contributed by atoms with van der Waals surface area (Å²) >= 11 is 3.14. The van der Waals surface area contributed by atoms with Crippen molar-refractivity contribution < 1.29 is 10.2 Å². The molecule has 0 saturated carbocycles. The summed E-state index contributed by atoms with van der Waals surface area (Å²) in [5.74, 6) is 0.0231. The van der Waals surface area contributed by atoms with Crippen molar-refractivity contribution in [2.75, 3.05) is 6.61 Å². The van der Waals surface area contributed by atoms with Crippen molar-refractivity contribution in [3.8, 4) is 11.8 Å². The van der Waals surface area contributed by atoms with Gasteiger partial charge in [0.1, 0.15) is 5.75 Å². The molecule has 1 aromatic rings. The van der Waals surface area contributed by atoms with Crippen LogP contribution in [0, 0.1) is 11.3 Å². The van der Waals surface area contributed by atoms with Gasteiger partial charge in [0, 0.05) is 18.2 Å². The molecule has 0 bridgehead atoms. The molecule has 0 heterocycles. The Hall–Kier alpha value is -0.800. The van der Waals surface area contributed by atoms with Gasteiger partial charge in [0.15, 0.2) is 0 Å². The Morgan fingerprint density at radius 1 is 1.50 bits per heavy atom. The summed E-state index contributed by atoms with van der Waals surface area (Å²) in [7, 11) is 0. The first-order chi connectivity index (χ1) is 7.10. The summed E-state index contributed by atoms with van der Waals surface area (Å²) in [6.45, 7) is -0.0605. The number of halogens is 2. The molecule has 0 fully saturated rings. The third-order valence-corrected chi connectivity index (χ3v) is 2.67. The third kappa shape index (κ3) is 3.35. The molecule has 0 aliphatic rings. The Balaban J connectivity index is 0.00000225. The molecule has 0 radical (unpaired) electrons. The predicted octanol–water partition coefficient (Wildman–Crippen LogP) is 1.83. The summed E-state index contributed by atoms with van der Waals surface area (Å²) < 4.78 is 0.435. The van der Waals surface area contributed by atoms with E-state index < -0.39 is 6.04 Å². The first-order valence-corrected chi connectivity index (χ1v) is 5.18. The van der Waals surface area contributed by atoms with Gasteiger partial charge in [-0.25, -0.2) is 0 Å². The number of benzene rings is 1. The number of phenols is 1. The van der Waals surface area contributed by atoms with Gasteiger partial charge >= 0.3 is 0 Å². The van der Waals surface area contributed by atoms with E-state index in [2.05, 4.69) is 15.9 Å². The maximum Gasteiger partial charge on any atom is 0.134 e. The van der Waals surface area contributed by atoms with Crippen molar-refractivity contribution in [2.24, 2.45) is 5.73 Å². The fourth-order valence-electron chi connectivity index (χ4n) is 1.26. The van der Waals surface area contributed by atoms with Crippen LogP contribution in [-0.4, -0.2) is 16.8 Å². The van der Waals surface area contributed by atoms with Gasteiger partial charge in [0.25, 0.3) is 0 Å². The molecule has 0 aromatic heterocycles. The smallest absolute Gasteiger partial charge is 0.134 e. The molecule has 88 valence electrons. The van der Waals surface area contributed by atoms with Gasteiger partial charge in [0.2, 0.25) is 0 Å². The summed E-state index contributed by atoms with van der Waals surface area (Å²) in [4.78, 5) is 0. The number of rotatable bonds is 3. The zero-order chi connectivity index (χ0) is 11.4. The minimum atomic E-state index is -0.473. The highest BCUT2D eigenvalue weighted by atomic mass is 79.9. The van der Waals surface area contributed by atoms with Crippen molar-refractivity contribution in [1.29, 1.82) is 5.26 Å². The van der Waals surface area contributed by atoms with E-state index in [-0.39, 0.29) is 24.8 Å². The number of nitriles is 1. The lowest BCUT2D eigenvalue weighted by atomic mass is 10.0. The van der Waals surface area contributed by atoms with Gasteiger partial charge in [-0.1, -0.05) is 0 Å². The lowest BCUT2D eigenvalue weighted by molar-refractivity contribution is 0.275. The molecule has 1 rings (SSSR count). The van der Waals surface area contributed by atoms with E-state index in [0.29, 0.717) is 22.0 Å². The lowest BCUT2D eigenvalue weighted by Gasteiger charge is -2.13. The lowest BCUT2D eigenvalue weighted by Crippen LogP contribution is -2.12. The molecular weight excluding hydrogens is 295 g/mol. The topological polar surface area (TPSA) is 90.3 Å². The van der Waals surface area contributed by atoms with Crippen LogP contribution in [0.3, 0.4) is 0 Å². The van der Waals surface area contributed by atoms with Gasteiger partial charge in [-0.2, -0.15) is 5.26 Å². The molecule has 6 heteroatoms. The fraction of sp³-hybridized carbons (Fsp3) is 0.300. The van der Waals surface area contributed by atoms with E-state index in [4.69, 9.17) is 16.1 Å². The van der Waals surface area contributed by atoms with Crippen molar-refractivity contribution in [3.05, 3.63) is 27.7 Å².